The molecule has 0 aromatic heterocycles. The van der Waals surface area contributed by atoms with E-state index in [2.05, 4.69) is 26.0 Å². The summed E-state index contributed by atoms with van der Waals surface area (Å²) in [5.41, 5.74) is 1.21. The molecule has 3 heteroatoms. The van der Waals surface area contributed by atoms with Crippen molar-refractivity contribution in [2.75, 3.05) is 12.9 Å². The molecule has 1 unspecified atom stereocenters. The number of carbonyl (C=O) groups is 1. The fraction of sp³-hybridized carbons (Fsp3) is 0.588. The molecule has 0 heterocycles. The van der Waals surface area contributed by atoms with Crippen LogP contribution in [0.15, 0.2) is 24.3 Å². The van der Waals surface area contributed by atoms with Gasteiger partial charge in [-0.15, -0.1) is 0 Å². The van der Waals surface area contributed by atoms with Crippen molar-refractivity contribution in [2.24, 2.45) is 11.8 Å². The summed E-state index contributed by atoms with van der Waals surface area (Å²) in [5.74, 6) is 3.01. The highest BCUT2D eigenvalue weighted by Crippen LogP contribution is 2.35. The van der Waals surface area contributed by atoms with E-state index in [0.717, 1.165) is 11.5 Å². The van der Waals surface area contributed by atoms with Crippen molar-refractivity contribution in [2.45, 2.75) is 39.4 Å². The van der Waals surface area contributed by atoms with Crippen LogP contribution in [0.5, 0.6) is 5.75 Å². The number of methoxy groups -OCH3 is 1. The van der Waals surface area contributed by atoms with Crippen LogP contribution in [0, 0.1) is 11.8 Å². The summed E-state index contributed by atoms with van der Waals surface area (Å²) in [6, 6.07) is 8.09. The van der Waals surface area contributed by atoms with Crippen LogP contribution in [0.2, 0.25) is 0 Å². The Kier molecular flexibility index (Phi) is 7.14. The molecule has 0 aliphatic heterocycles. The Morgan fingerprint density at radius 2 is 1.75 bits per heavy atom. The monoisotopic (exact) mass is 294 g/mol. The van der Waals surface area contributed by atoms with E-state index in [4.69, 9.17) is 4.74 Å². The Morgan fingerprint density at radius 1 is 1.15 bits per heavy atom. The van der Waals surface area contributed by atoms with E-state index < -0.39 is 0 Å². The highest BCUT2D eigenvalue weighted by molar-refractivity contribution is 7.99. The fourth-order valence-corrected chi connectivity index (χ4v) is 3.07. The molecule has 0 aliphatic rings. The van der Waals surface area contributed by atoms with Crippen molar-refractivity contribution in [1.82, 2.24) is 0 Å². The SMILES string of the molecule is COc1ccc(C(CC(=O)C(C)C)SCC(C)C)cc1. The molecule has 0 bridgehead atoms. The summed E-state index contributed by atoms with van der Waals surface area (Å²) in [6.07, 6.45) is 0.612. The first-order valence-corrected chi connectivity index (χ1v) is 8.27. The van der Waals surface area contributed by atoms with Crippen molar-refractivity contribution in [1.29, 1.82) is 0 Å². The molecule has 0 amide bonds. The molecule has 0 radical (unpaired) electrons. The quantitative estimate of drug-likeness (QED) is 0.692. The van der Waals surface area contributed by atoms with Gasteiger partial charge in [0.05, 0.1) is 7.11 Å². The minimum atomic E-state index is 0.107. The molecule has 0 aliphatic carbocycles. The smallest absolute Gasteiger partial charge is 0.136 e. The van der Waals surface area contributed by atoms with E-state index in [1.165, 1.54) is 5.56 Å². The van der Waals surface area contributed by atoms with Crippen LogP contribution in [-0.2, 0) is 4.79 Å². The largest absolute Gasteiger partial charge is 0.497 e. The Balaban J connectivity index is 2.81. The molecular formula is C17H26O2S. The number of Topliss-reactive ketones (excluding diaryl/α,β-unsaturated/α-hetero) is 1. The Labute approximate surface area is 127 Å². The van der Waals surface area contributed by atoms with Crippen LogP contribution >= 0.6 is 11.8 Å². The molecule has 1 aromatic rings. The lowest BCUT2D eigenvalue weighted by Gasteiger charge is -2.19. The van der Waals surface area contributed by atoms with Gasteiger partial charge in [0, 0.05) is 17.6 Å². The zero-order valence-corrected chi connectivity index (χ0v) is 14.0. The second-order valence-electron chi connectivity index (χ2n) is 5.81. The summed E-state index contributed by atoms with van der Waals surface area (Å²) >= 11 is 1.88. The number of thioether (sulfide) groups is 1. The first kappa shape index (κ1) is 17.1. The lowest BCUT2D eigenvalue weighted by atomic mass is 10.0. The second kappa shape index (κ2) is 8.35. The van der Waals surface area contributed by atoms with Gasteiger partial charge in [0.25, 0.3) is 0 Å². The molecular weight excluding hydrogens is 268 g/mol. The van der Waals surface area contributed by atoms with Gasteiger partial charge in [-0.05, 0) is 29.4 Å². The van der Waals surface area contributed by atoms with E-state index in [0.29, 0.717) is 18.1 Å². The predicted molar refractivity (Wildman–Crippen MR) is 87.5 cm³/mol. The average Bonchev–Trinajstić information content (AvgIpc) is 2.43. The van der Waals surface area contributed by atoms with E-state index in [1.54, 1.807) is 7.11 Å². The Morgan fingerprint density at radius 3 is 2.20 bits per heavy atom. The highest BCUT2D eigenvalue weighted by Gasteiger charge is 2.19. The molecule has 0 saturated heterocycles. The summed E-state index contributed by atoms with van der Waals surface area (Å²) < 4.78 is 5.19. The molecule has 20 heavy (non-hydrogen) atoms. The number of carbonyl (C=O) groups excluding carboxylic acids is 1. The molecule has 0 N–H and O–H groups in total. The molecule has 1 atom stereocenters. The standard InChI is InChI=1S/C17H26O2S/c1-12(2)11-20-17(10-16(18)13(3)4)14-6-8-15(19-5)9-7-14/h6-9,12-13,17H,10-11H2,1-5H3. The molecule has 1 aromatic carbocycles. The average molecular weight is 294 g/mol. The van der Waals surface area contributed by atoms with Gasteiger partial charge in [0.1, 0.15) is 11.5 Å². The highest BCUT2D eigenvalue weighted by atomic mass is 32.2. The zero-order valence-electron chi connectivity index (χ0n) is 13.2. The zero-order chi connectivity index (χ0) is 15.1. The molecule has 0 spiro atoms. The van der Waals surface area contributed by atoms with Crippen LogP contribution < -0.4 is 4.74 Å². The molecule has 0 saturated carbocycles. The van der Waals surface area contributed by atoms with Crippen molar-refractivity contribution in [3.05, 3.63) is 29.8 Å². The van der Waals surface area contributed by atoms with Gasteiger partial charge in [-0.25, -0.2) is 0 Å². The van der Waals surface area contributed by atoms with Crippen LogP contribution in [0.3, 0.4) is 0 Å². The Bertz CT molecular complexity index is 410. The maximum Gasteiger partial charge on any atom is 0.136 e. The summed E-state index contributed by atoms with van der Waals surface area (Å²) in [5, 5.41) is 0.248. The number of ether oxygens (including phenoxy) is 1. The molecule has 0 fully saturated rings. The first-order chi connectivity index (χ1) is 9.43. The lowest BCUT2D eigenvalue weighted by molar-refractivity contribution is -0.121. The van der Waals surface area contributed by atoms with Crippen molar-refractivity contribution < 1.29 is 9.53 Å². The summed E-state index contributed by atoms with van der Waals surface area (Å²) in [4.78, 5) is 12.1. The van der Waals surface area contributed by atoms with E-state index >= 15 is 0 Å². The summed E-state index contributed by atoms with van der Waals surface area (Å²) in [6.45, 7) is 8.37. The van der Waals surface area contributed by atoms with Crippen LogP contribution in [0.25, 0.3) is 0 Å². The fourth-order valence-electron chi connectivity index (χ4n) is 1.82. The van der Waals surface area contributed by atoms with Gasteiger partial charge >= 0.3 is 0 Å². The van der Waals surface area contributed by atoms with Gasteiger partial charge in [0.2, 0.25) is 0 Å². The van der Waals surface area contributed by atoms with Crippen LogP contribution in [0.1, 0.15) is 44.9 Å². The van der Waals surface area contributed by atoms with Gasteiger partial charge in [-0.1, -0.05) is 39.8 Å². The maximum atomic E-state index is 12.1. The van der Waals surface area contributed by atoms with Crippen LogP contribution in [0.4, 0.5) is 0 Å². The van der Waals surface area contributed by atoms with E-state index in [1.807, 2.05) is 37.7 Å². The number of rotatable bonds is 8. The number of hydrogen-bond donors (Lipinski definition) is 0. The molecule has 2 nitrogen and oxygen atoms in total. The minimum Gasteiger partial charge on any atom is -0.497 e. The van der Waals surface area contributed by atoms with Crippen molar-refractivity contribution in [3.8, 4) is 5.75 Å². The number of benzene rings is 1. The number of hydrogen-bond acceptors (Lipinski definition) is 3. The van der Waals surface area contributed by atoms with Crippen molar-refractivity contribution in [3.63, 3.8) is 0 Å². The molecule has 1 rings (SSSR count). The first-order valence-electron chi connectivity index (χ1n) is 7.22. The normalized spacial score (nSPS) is 12.8. The Hall–Kier alpha value is -0.960. The van der Waals surface area contributed by atoms with E-state index in [-0.39, 0.29) is 11.2 Å². The third-order valence-corrected chi connectivity index (χ3v) is 4.85. The summed E-state index contributed by atoms with van der Waals surface area (Å²) in [7, 11) is 1.67. The van der Waals surface area contributed by atoms with Gasteiger partial charge < -0.3 is 4.74 Å². The lowest BCUT2D eigenvalue weighted by Crippen LogP contribution is -2.11. The maximum absolute atomic E-state index is 12.1. The van der Waals surface area contributed by atoms with Gasteiger partial charge in [-0.2, -0.15) is 11.8 Å². The van der Waals surface area contributed by atoms with Gasteiger partial charge in [0.15, 0.2) is 0 Å². The van der Waals surface area contributed by atoms with Crippen LogP contribution in [-0.4, -0.2) is 18.6 Å². The van der Waals surface area contributed by atoms with Gasteiger partial charge in [-0.3, -0.25) is 4.79 Å². The third-order valence-electron chi connectivity index (χ3n) is 3.15. The topological polar surface area (TPSA) is 26.3 Å². The minimum absolute atomic E-state index is 0.107. The number of ketones is 1. The predicted octanol–water partition coefficient (Wildman–Crippen LogP) is 4.74. The van der Waals surface area contributed by atoms with Crippen molar-refractivity contribution >= 4 is 17.5 Å². The second-order valence-corrected chi connectivity index (χ2v) is 7.05. The third kappa shape index (κ3) is 5.58. The molecule has 112 valence electrons. The van der Waals surface area contributed by atoms with E-state index in [9.17, 15) is 4.79 Å².